The number of hydrogen-bond acceptors (Lipinski definition) is 4. The molecule has 0 radical (unpaired) electrons. The third-order valence-electron chi connectivity index (χ3n) is 4.80. The molecule has 124 valence electrons. The molecule has 0 spiro atoms. The number of hydrogen-bond donors (Lipinski definition) is 0. The standard InChI is InChI=1S/C18H24ClN3O/c19-17-7-4-8-18(20-17)22-13-11-21(12-14-22)10-9-16(23)15-5-2-1-3-6-15/h4,7-10,15H,1-3,5-6,11-14H2/b10-9+. The number of halogens is 1. The summed E-state index contributed by atoms with van der Waals surface area (Å²) in [6, 6.07) is 5.71. The smallest absolute Gasteiger partial charge is 0.160 e. The molecule has 1 aliphatic heterocycles. The van der Waals surface area contributed by atoms with E-state index in [4.69, 9.17) is 11.6 Å². The number of piperazine rings is 1. The zero-order valence-electron chi connectivity index (χ0n) is 13.5. The van der Waals surface area contributed by atoms with Gasteiger partial charge in [-0.15, -0.1) is 0 Å². The number of allylic oxidation sites excluding steroid dienone is 1. The average Bonchev–Trinajstić information content (AvgIpc) is 2.61. The topological polar surface area (TPSA) is 36.4 Å². The normalized spacial score (nSPS) is 20.2. The van der Waals surface area contributed by atoms with Gasteiger partial charge in [-0.25, -0.2) is 4.98 Å². The van der Waals surface area contributed by atoms with Crippen LogP contribution in [0.25, 0.3) is 0 Å². The molecule has 0 atom stereocenters. The molecule has 1 aliphatic carbocycles. The highest BCUT2D eigenvalue weighted by atomic mass is 35.5. The molecule has 1 aromatic heterocycles. The van der Waals surface area contributed by atoms with Gasteiger partial charge in [0.25, 0.3) is 0 Å². The quantitative estimate of drug-likeness (QED) is 0.624. The van der Waals surface area contributed by atoms with Gasteiger partial charge in [0.1, 0.15) is 11.0 Å². The van der Waals surface area contributed by atoms with Crippen molar-refractivity contribution < 1.29 is 4.79 Å². The molecule has 2 fully saturated rings. The van der Waals surface area contributed by atoms with E-state index in [1.807, 2.05) is 18.3 Å². The van der Waals surface area contributed by atoms with Crippen molar-refractivity contribution in [2.24, 2.45) is 5.92 Å². The highest BCUT2D eigenvalue weighted by molar-refractivity contribution is 6.29. The summed E-state index contributed by atoms with van der Waals surface area (Å²) in [4.78, 5) is 21.0. The van der Waals surface area contributed by atoms with Crippen molar-refractivity contribution in [3.05, 3.63) is 35.6 Å². The summed E-state index contributed by atoms with van der Waals surface area (Å²) in [6.45, 7) is 3.61. The lowest BCUT2D eigenvalue weighted by atomic mass is 9.86. The minimum atomic E-state index is 0.261. The zero-order valence-corrected chi connectivity index (χ0v) is 14.2. The van der Waals surface area contributed by atoms with Gasteiger partial charge >= 0.3 is 0 Å². The summed E-state index contributed by atoms with van der Waals surface area (Å²) >= 11 is 5.95. The Morgan fingerprint density at radius 3 is 2.57 bits per heavy atom. The molecule has 0 amide bonds. The van der Waals surface area contributed by atoms with Crippen molar-refractivity contribution in [2.45, 2.75) is 32.1 Å². The Labute approximate surface area is 143 Å². The van der Waals surface area contributed by atoms with Crippen LogP contribution in [-0.4, -0.2) is 41.8 Å². The van der Waals surface area contributed by atoms with Gasteiger partial charge in [0, 0.05) is 38.3 Å². The summed E-state index contributed by atoms with van der Waals surface area (Å²) < 4.78 is 0. The fourth-order valence-electron chi connectivity index (χ4n) is 3.38. The molecule has 23 heavy (non-hydrogen) atoms. The van der Waals surface area contributed by atoms with Crippen LogP contribution in [0, 0.1) is 5.92 Å². The van der Waals surface area contributed by atoms with Crippen LogP contribution in [-0.2, 0) is 4.79 Å². The Kier molecular flexibility index (Phi) is 5.55. The lowest BCUT2D eigenvalue weighted by Gasteiger charge is -2.34. The number of carbonyl (C=O) groups is 1. The molecular formula is C18H24ClN3O. The molecule has 0 bridgehead atoms. The maximum Gasteiger partial charge on any atom is 0.160 e. The molecule has 1 aromatic rings. The van der Waals surface area contributed by atoms with Gasteiger partial charge in [-0.3, -0.25) is 4.79 Å². The maximum atomic E-state index is 12.2. The second-order valence-corrected chi connectivity index (χ2v) is 6.78. The summed E-state index contributed by atoms with van der Waals surface area (Å²) in [7, 11) is 0. The van der Waals surface area contributed by atoms with E-state index in [1.54, 1.807) is 12.1 Å². The van der Waals surface area contributed by atoms with E-state index < -0.39 is 0 Å². The first kappa shape index (κ1) is 16.3. The molecule has 4 nitrogen and oxygen atoms in total. The van der Waals surface area contributed by atoms with Crippen LogP contribution in [0.1, 0.15) is 32.1 Å². The Bertz CT molecular complexity index is 561. The highest BCUT2D eigenvalue weighted by Crippen LogP contribution is 2.24. The lowest BCUT2D eigenvalue weighted by Crippen LogP contribution is -2.44. The van der Waals surface area contributed by atoms with Gasteiger partial charge in [0.05, 0.1) is 0 Å². The number of rotatable bonds is 4. The van der Waals surface area contributed by atoms with Gasteiger partial charge in [-0.05, 0) is 31.1 Å². The Hall–Kier alpha value is -1.55. The van der Waals surface area contributed by atoms with Crippen molar-refractivity contribution in [1.29, 1.82) is 0 Å². The van der Waals surface area contributed by atoms with Crippen molar-refractivity contribution in [3.63, 3.8) is 0 Å². The SMILES string of the molecule is O=C(/C=C/N1CCN(c2cccc(Cl)n2)CC1)C1CCCCC1. The maximum absolute atomic E-state index is 12.2. The fraction of sp³-hybridized carbons (Fsp3) is 0.556. The third kappa shape index (κ3) is 4.47. The van der Waals surface area contributed by atoms with Crippen LogP contribution in [0.3, 0.4) is 0 Å². The summed E-state index contributed by atoms with van der Waals surface area (Å²) in [5, 5.41) is 0.530. The first-order valence-corrected chi connectivity index (χ1v) is 8.94. The first-order chi connectivity index (χ1) is 11.2. The number of nitrogens with zero attached hydrogens (tertiary/aromatic N) is 3. The Morgan fingerprint density at radius 2 is 1.87 bits per heavy atom. The molecular weight excluding hydrogens is 310 g/mol. The molecule has 2 heterocycles. The fourth-order valence-corrected chi connectivity index (χ4v) is 3.54. The van der Waals surface area contributed by atoms with Crippen molar-refractivity contribution in [2.75, 3.05) is 31.1 Å². The minimum absolute atomic E-state index is 0.261. The monoisotopic (exact) mass is 333 g/mol. The molecule has 0 N–H and O–H groups in total. The van der Waals surface area contributed by atoms with Crippen LogP contribution in [0.2, 0.25) is 5.15 Å². The van der Waals surface area contributed by atoms with Crippen LogP contribution in [0.15, 0.2) is 30.5 Å². The van der Waals surface area contributed by atoms with Gasteiger partial charge in [0.2, 0.25) is 0 Å². The van der Waals surface area contributed by atoms with E-state index in [1.165, 1.54) is 19.3 Å². The Morgan fingerprint density at radius 1 is 1.13 bits per heavy atom. The predicted octanol–water partition coefficient (Wildman–Crippen LogP) is 3.52. The summed E-state index contributed by atoms with van der Waals surface area (Å²) in [5.74, 6) is 1.50. The molecule has 2 aliphatic rings. The van der Waals surface area contributed by atoms with Crippen molar-refractivity contribution in [1.82, 2.24) is 9.88 Å². The molecule has 5 heteroatoms. The Balaban J connectivity index is 1.49. The average molecular weight is 334 g/mol. The van der Waals surface area contributed by atoms with E-state index in [2.05, 4.69) is 14.8 Å². The van der Waals surface area contributed by atoms with Gasteiger partial charge in [-0.2, -0.15) is 0 Å². The summed E-state index contributed by atoms with van der Waals surface area (Å²) in [5.41, 5.74) is 0. The molecule has 1 saturated carbocycles. The van der Waals surface area contributed by atoms with Crippen LogP contribution in [0.5, 0.6) is 0 Å². The van der Waals surface area contributed by atoms with Crippen LogP contribution < -0.4 is 4.90 Å². The van der Waals surface area contributed by atoms with Gasteiger partial charge in [0.15, 0.2) is 5.78 Å². The van der Waals surface area contributed by atoms with E-state index in [0.717, 1.165) is 44.8 Å². The second kappa shape index (κ2) is 7.82. The van der Waals surface area contributed by atoms with E-state index in [0.29, 0.717) is 10.9 Å². The first-order valence-electron chi connectivity index (χ1n) is 8.56. The van der Waals surface area contributed by atoms with Crippen LogP contribution in [0.4, 0.5) is 5.82 Å². The number of anilines is 1. The van der Waals surface area contributed by atoms with Crippen molar-refractivity contribution >= 4 is 23.2 Å². The zero-order chi connectivity index (χ0) is 16.1. The molecule has 0 unspecified atom stereocenters. The number of ketones is 1. The van der Waals surface area contributed by atoms with E-state index >= 15 is 0 Å². The number of carbonyl (C=O) groups excluding carboxylic acids is 1. The molecule has 1 saturated heterocycles. The van der Waals surface area contributed by atoms with E-state index in [-0.39, 0.29) is 5.92 Å². The summed E-state index contributed by atoms with van der Waals surface area (Å²) in [6.07, 6.45) is 9.61. The van der Waals surface area contributed by atoms with Gasteiger partial charge < -0.3 is 9.80 Å². The number of pyridine rings is 1. The van der Waals surface area contributed by atoms with Gasteiger partial charge in [-0.1, -0.05) is 36.9 Å². The molecule has 3 rings (SSSR count). The van der Waals surface area contributed by atoms with Crippen LogP contribution >= 0.6 is 11.6 Å². The minimum Gasteiger partial charge on any atom is -0.374 e. The molecule has 0 aromatic carbocycles. The lowest BCUT2D eigenvalue weighted by molar-refractivity contribution is -0.119. The van der Waals surface area contributed by atoms with Crippen molar-refractivity contribution in [3.8, 4) is 0 Å². The van der Waals surface area contributed by atoms with E-state index in [9.17, 15) is 4.79 Å². The third-order valence-corrected chi connectivity index (χ3v) is 5.01. The predicted molar refractivity (Wildman–Crippen MR) is 93.8 cm³/mol. The number of aromatic nitrogens is 1. The highest BCUT2D eigenvalue weighted by Gasteiger charge is 2.20. The second-order valence-electron chi connectivity index (χ2n) is 6.39. The largest absolute Gasteiger partial charge is 0.374 e.